The molecule has 0 aromatic carbocycles. The molecule has 1 aliphatic heterocycles. The van der Waals surface area contributed by atoms with Crippen molar-refractivity contribution in [3.8, 4) is 0 Å². The first-order valence-electron chi connectivity index (χ1n) is 6.02. The minimum Gasteiger partial charge on any atom is -0.480 e. The maximum atomic E-state index is 12.2. The first-order valence-corrected chi connectivity index (χ1v) is 6.02. The number of carboxylic acids is 1. The molecule has 6 heteroatoms. The summed E-state index contributed by atoms with van der Waals surface area (Å²) < 4.78 is 1.54. The summed E-state index contributed by atoms with van der Waals surface area (Å²) in [6.07, 6.45) is 3.02. The fraction of sp³-hybridized carbons (Fsp3) is 0.583. The zero-order chi connectivity index (χ0) is 13.3. The van der Waals surface area contributed by atoms with Crippen LogP contribution in [-0.2, 0) is 11.8 Å². The van der Waals surface area contributed by atoms with Crippen LogP contribution in [0.2, 0.25) is 0 Å². The normalized spacial score (nSPS) is 24.0. The van der Waals surface area contributed by atoms with Crippen LogP contribution in [0.25, 0.3) is 0 Å². The number of carbonyl (C=O) groups excluding carboxylic acids is 1. The van der Waals surface area contributed by atoms with Gasteiger partial charge in [-0.3, -0.25) is 9.48 Å². The van der Waals surface area contributed by atoms with E-state index in [1.54, 1.807) is 19.3 Å². The van der Waals surface area contributed by atoms with Crippen molar-refractivity contribution in [1.82, 2.24) is 14.7 Å². The van der Waals surface area contributed by atoms with Gasteiger partial charge in [-0.1, -0.05) is 6.92 Å². The van der Waals surface area contributed by atoms with Crippen LogP contribution in [0.15, 0.2) is 12.3 Å². The Morgan fingerprint density at radius 2 is 2.22 bits per heavy atom. The average Bonchev–Trinajstić information content (AvgIpc) is 2.75. The van der Waals surface area contributed by atoms with Crippen LogP contribution in [-0.4, -0.2) is 44.3 Å². The maximum absolute atomic E-state index is 12.2. The van der Waals surface area contributed by atoms with E-state index in [-0.39, 0.29) is 5.91 Å². The zero-order valence-corrected chi connectivity index (χ0v) is 10.5. The molecule has 1 N–H and O–H groups in total. The lowest BCUT2D eigenvalue weighted by atomic mass is 9.92. The molecule has 18 heavy (non-hydrogen) atoms. The summed E-state index contributed by atoms with van der Waals surface area (Å²) in [6, 6.07) is 0.877. The third-order valence-corrected chi connectivity index (χ3v) is 3.34. The van der Waals surface area contributed by atoms with Crippen LogP contribution in [0.5, 0.6) is 0 Å². The number of carboxylic acid groups (broad SMARTS) is 1. The lowest BCUT2D eigenvalue weighted by Crippen LogP contribution is -2.49. The summed E-state index contributed by atoms with van der Waals surface area (Å²) in [7, 11) is 1.73. The molecule has 0 aliphatic carbocycles. The van der Waals surface area contributed by atoms with Crippen molar-refractivity contribution < 1.29 is 14.7 Å². The number of amides is 1. The molecular weight excluding hydrogens is 234 g/mol. The molecule has 0 saturated carbocycles. The number of nitrogens with zero attached hydrogens (tertiary/aromatic N) is 3. The maximum Gasteiger partial charge on any atom is 0.326 e. The van der Waals surface area contributed by atoms with Crippen molar-refractivity contribution in [2.75, 3.05) is 6.54 Å². The Hall–Kier alpha value is -1.85. The highest BCUT2D eigenvalue weighted by Crippen LogP contribution is 2.24. The minimum atomic E-state index is -0.939. The minimum absolute atomic E-state index is 0.296. The predicted molar refractivity (Wildman–Crippen MR) is 64.1 cm³/mol. The molecule has 1 aliphatic rings. The van der Waals surface area contributed by atoms with Crippen molar-refractivity contribution in [1.29, 1.82) is 0 Å². The molecule has 98 valence electrons. The Kier molecular flexibility index (Phi) is 3.36. The summed E-state index contributed by atoms with van der Waals surface area (Å²) in [6.45, 7) is 2.49. The van der Waals surface area contributed by atoms with Crippen molar-refractivity contribution in [2.45, 2.75) is 25.8 Å². The Morgan fingerprint density at radius 1 is 1.50 bits per heavy atom. The highest BCUT2D eigenvalue weighted by molar-refractivity contribution is 5.95. The molecular formula is C12H17N3O3. The van der Waals surface area contributed by atoms with E-state index in [1.165, 1.54) is 9.58 Å². The zero-order valence-electron chi connectivity index (χ0n) is 10.5. The number of hydrogen-bond acceptors (Lipinski definition) is 3. The predicted octanol–water partition coefficient (Wildman–Crippen LogP) is 0.745. The van der Waals surface area contributed by atoms with E-state index in [9.17, 15) is 14.7 Å². The van der Waals surface area contributed by atoms with Crippen molar-refractivity contribution in [3.05, 3.63) is 18.0 Å². The average molecular weight is 251 g/mol. The highest BCUT2D eigenvalue weighted by Gasteiger charge is 2.35. The number of aryl methyl sites for hydroxylation is 1. The van der Waals surface area contributed by atoms with Gasteiger partial charge in [0.05, 0.1) is 0 Å². The third-order valence-electron chi connectivity index (χ3n) is 3.34. The van der Waals surface area contributed by atoms with Gasteiger partial charge in [-0.25, -0.2) is 4.79 Å². The number of hydrogen-bond donors (Lipinski definition) is 1. The van der Waals surface area contributed by atoms with E-state index >= 15 is 0 Å². The molecule has 2 atom stereocenters. The Balaban J connectivity index is 2.20. The SMILES string of the molecule is CC1CCN(C(=O)c2ccn(C)n2)C(C(=O)O)C1. The first-order chi connectivity index (χ1) is 8.49. The monoisotopic (exact) mass is 251 g/mol. The number of likely N-dealkylation sites (tertiary alicyclic amines) is 1. The van der Waals surface area contributed by atoms with E-state index in [2.05, 4.69) is 5.10 Å². The second-order valence-electron chi connectivity index (χ2n) is 4.86. The first kappa shape index (κ1) is 12.6. The van der Waals surface area contributed by atoms with Crippen LogP contribution in [0.1, 0.15) is 30.3 Å². The van der Waals surface area contributed by atoms with E-state index in [4.69, 9.17) is 0 Å². The van der Waals surface area contributed by atoms with Crippen LogP contribution in [0, 0.1) is 5.92 Å². The van der Waals surface area contributed by atoms with Gasteiger partial charge >= 0.3 is 5.97 Å². The van der Waals surface area contributed by atoms with Crippen LogP contribution in [0.4, 0.5) is 0 Å². The highest BCUT2D eigenvalue weighted by atomic mass is 16.4. The number of carbonyl (C=O) groups is 2. The second-order valence-corrected chi connectivity index (χ2v) is 4.86. The van der Waals surface area contributed by atoms with Gasteiger partial charge in [0.25, 0.3) is 5.91 Å². The standard InChI is InChI=1S/C12H17N3O3/c1-8-3-6-15(10(7-8)12(17)18)11(16)9-4-5-14(2)13-9/h4-5,8,10H,3,6-7H2,1-2H3,(H,17,18). The Bertz CT molecular complexity index is 469. The fourth-order valence-corrected chi connectivity index (χ4v) is 2.30. The summed E-state index contributed by atoms with van der Waals surface area (Å²) in [5.41, 5.74) is 0.304. The summed E-state index contributed by atoms with van der Waals surface area (Å²) in [5.74, 6) is -0.903. The molecule has 1 fully saturated rings. The molecule has 1 amide bonds. The summed E-state index contributed by atoms with van der Waals surface area (Å²) >= 11 is 0. The van der Waals surface area contributed by atoms with E-state index in [0.717, 1.165) is 6.42 Å². The fourth-order valence-electron chi connectivity index (χ4n) is 2.30. The smallest absolute Gasteiger partial charge is 0.326 e. The molecule has 0 spiro atoms. The van der Waals surface area contributed by atoms with Gasteiger partial charge in [0.1, 0.15) is 11.7 Å². The molecule has 2 unspecified atom stereocenters. The Labute approximate surface area is 105 Å². The van der Waals surface area contributed by atoms with Crippen LogP contribution in [0.3, 0.4) is 0 Å². The van der Waals surface area contributed by atoms with Gasteiger partial charge in [-0.05, 0) is 24.8 Å². The van der Waals surface area contributed by atoms with Crippen molar-refractivity contribution in [2.24, 2.45) is 13.0 Å². The molecule has 2 heterocycles. The van der Waals surface area contributed by atoms with Crippen molar-refractivity contribution >= 4 is 11.9 Å². The van der Waals surface area contributed by atoms with Crippen molar-refractivity contribution in [3.63, 3.8) is 0 Å². The molecule has 1 saturated heterocycles. The Morgan fingerprint density at radius 3 is 2.78 bits per heavy atom. The van der Waals surface area contributed by atoms with E-state index < -0.39 is 12.0 Å². The van der Waals surface area contributed by atoms with Gasteiger partial charge in [-0.2, -0.15) is 5.10 Å². The molecule has 0 radical (unpaired) electrons. The number of piperidine rings is 1. The number of aliphatic carboxylic acids is 1. The number of aromatic nitrogens is 2. The lowest BCUT2D eigenvalue weighted by Gasteiger charge is -2.35. The van der Waals surface area contributed by atoms with E-state index in [1.807, 2.05) is 6.92 Å². The molecule has 0 bridgehead atoms. The topological polar surface area (TPSA) is 75.4 Å². The molecule has 1 aromatic rings. The van der Waals surface area contributed by atoms with Gasteiger partial charge < -0.3 is 10.0 Å². The third kappa shape index (κ3) is 2.37. The second kappa shape index (κ2) is 4.80. The largest absolute Gasteiger partial charge is 0.480 e. The van der Waals surface area contributed by atoms with Gasteiger partial charge in [0.15, 0.2) is 0 Å². The van der Waals surface area contributed by atoms with Crippen LogP contribution < -0.4 is 0 Å². The molecule has 6 nitrogen and oxygen atoms in total. The molecule has 2 rings (SSSR count). The van der Waals surface area contributed by atoms with Gasteiger partial charge in [-0.15, -0.1) is 0 Å². The summed E-state index contributed by atoms with van der Waals surface area (Å²) in [4.78, 5) is 24.9. The lowest BCUT2D eigenvalue weighted by molar-refractivity contribution is -0.144. The summed E-state index contributed by atoms with van der Waals surface area (Å²) in [5, 5.41) is 13.2. The quantitative estimate of drug-likeness (QED) is 0.841. The van der Waals surface area contributed by atoms with Gasteiger partial charge in [0.2, 0.25) is 0 Å². The van der Waals surface area contributed by atoms with E-state index in [0.29, 0.717) is 24.6 Å². The number of rotatable bonds is 2. The molecule has 1 aromatic heterocycles. The van der Waals surface area contributed by atoms with Gasteiger partial charge in [0, 0.05) is 19.8 Å². The van der Waals surface area contributed by atoms with Crippen LogP contribution >= 0.6 is 0 Å².